The van der Waals surface area contributed by atoms with Gasteiger partial charge in [-0.15, -0.1) is 11.3 Å². The van der Waals surface area contributed by atoms with Crippen LogP contribution in [0.1, 0.15) is 20.9 Å². The Morgan fingerprint density at radius 3 is 3.00 bits per heavy atom. The fourth-order valence-corrected chi connectivity index (χ4v) is 3.27. The average molecular weight is 351 g/mol. The molecule has 0 saturated heterocycles. The third kappa shape index (κ3) is 2.62. The number of aromatic nitrogens is 2. The summed E-state index contributed by atoms with van der Waals surface area (Å²) < 4.78 is 8.10. The van der Waals surface area contributed by atoms with Crippen molar-refractivity contribution in [1.82, 2.24) is 9.38 Å². The van der Waals surface area contributed by atoms with Crippen LogP contribution >= 0.6 is 27.3 Å². The van der Waals surface area contributed by atoms with E-state index in [1.54, 1.807) is 21.9 Å². The summed E-state index contributed by atoms with van der Waals surface area (Å²) in [6, 6.07) is 7.70. The number of halogens is 1. The molecule has 20 heavy (non-hydrogen) atoms. The molecule has 3 heterocycles. The van der Waals surface area contributed by atoms with Gasteiger partial charge in [-0.2, -0.15) is 0 Å². The number of rotatable bonds is 3. The first-order chi connectivity index (χ1) is 9.63. The maximum absolute atomic E-state index is 12.1. The zero-order valence-corrected chi connectivity index (χ0v) is 13.1. The number of carbonyl (C=O) groups excluding carboxylic acids is 1. The van der Waals surface area contributed by atoms with E-state index in [-0.39, 0.29) is 12.6 Å². The molecule has 6 heteroatoms. The Morgan fingerprint density at radius 2 is 2.25 bits per heavy atom. The van der Waals surface area contributed by atoms with Gasteiger partial charge in [0, 0.05) is 11.1 Å². The van der Waals surface area contributed by atoms with Gasteiger partial charge in [0.25, 0.3) is 0 Å². The molecule has 0 aliphatic carbocycles. The summed E-state index contributed by atoms with van der Waals surface area (Å²) in [7, 11) is 0. The van der Waals surface area contributed by atoms with E-state index >= 15 is 0 Å². The lowest BCUT2D eigenvalue weighted by Crippen LogP contribution is -2.07. The second-order valence-corrected chi connectivity index (χ2v) is 6.91. The van der Waals surface area contributed by atoms with Crippen molar-refractivity contribution in [2.75, 3.05) is 0 Å². The van der Waals surface area contributed by atoms with Crippen molar-refractivity contribution in [3.8, 4) is 0 Å². The van der Waals surface area contributed by atoms with Gasteiger partial charge in [0.1, 0.15) is 12.3 Å². The van der Waals surface area contributed by atoms with E-state index in [2.05, 4.69) is 20.9 Å². The predicted molar refractivity (Wildman–Crippen MR) is 81.1 cm³/mol. The first-order valence-corrected chi connectivity index (χ1v) is 7.59. The second-order valence-electron chi connectivity index (χ2n) is 4.36. The molecule has 0 spiro atoms. The maximum atomic E-state index is 12.1. The number of hydrogen-bond acceptors (Lipinski definition) is 4. The van der Waals surface area contributed by atoms with E-state index in [0.29, 0.717) is 5.69 Å². The standard InChI is InChI=1S/C14H11BrN2O2S/c1-9-2-5-13-16-6-11(17(13)7-9)14(18)19-8-10-3-4-12(15)20-10/h2-7H,8H2,1H3. The lowest BCUT2D eigenvalue weighted by atomic mass is 10.3. The van der Waals surface area contributed by atoms with E-state index < -0.39 is 0 Å². The predicted octanol–water partition coefficient (Wildman–Crippen LogP) is 3.82. The molecule has 3 aromatic heterocycles. The number of pyridine rings is 1. The van der Waals surface area contributed by atoms with Crippen molar-refractivity contribution < 1.29 is 9.53 Å². The van der Waals surface area contributed by atoms with Gasteiger partial charge in [0.05, 0.1) is 9.98 Å². The third-order valence-electron chi connectivity index (χ3n) is 2.84. The topological polar surface area (TPSA) is 43.6 Å². The van der Waals surface area contributed by atoms with E-state index in [9.17, 15) is 4.79 Å². The van der Waals surface area contributed by atoms with E-state index in [4.69, 9.17) is 4.74 Å². The molecular formula is C14H11BrN2O2S. The third-order valence-corrected chi connectivity index (χ3v) is 4.43. The van der Waals surface area contributed by atoms with Crippen molar-refractivity contribution in [1.29, 1.82) is 0 Å². The van der Waals surface area contributed by atoms with Crippen molar-refractivity contribution in [2.24, 2.45) is 0 Å². The Morgan fingerprint density at radius 1 is 1.40 bits per heavy atom. The molecule has 102 valence electrons. The van der Waals surface area contributed by atoms with E-state index in [0.717, 1.165) is 19.9 Å². The highest BCUT2D eigenvalue weighted by molar-refractivity contribution is 9.11. The molecule has 0 bridgehead atoms. The normalized spacial score (nSPS) is 10.9. The van der Waals surface area contributed by atoms with E-state index in [1.165, 1.54) is 0 Å². The van der Waals surface area contributed by atoms with Crippen LogP contribution < -0.4 is 0 Å². The molecule has 0 saturated carbocycles. The van der Waals surface area contributed by atoms with Gasteiger partial charge in [0.2, 0.25) is 0 Å². The monoisotopic (exact) mass is 350 g/mol. The zero-order valence-electron chi connectivity index (χ0n) is 10.7. The molecule has 0 amide bonds. The molecule has 3 aromatic rings. The molecule has 0 fully saturated rings. The summed E-state index contributed by atoms with van der Waals surface area (Å²) in [5.41, 5.74) is 2.24. The zero-order chi connectivity index (χ0) is 14.1. The smallest absolute Gasteiger partial charge is 0.357 e. The van der Waals surface area contributed by atoms with Crippen molar-refractivity contribution in [2.45, 2.75) is 13.5 Å². The largest absolute Gasteiger partial charge is 0.455 e. The van der Waals surface area contributed by atoms with Crippen LogP contribution in [-0.4, -0.2) is 15.4 Å². The molecule has 0 unspecified atom stereocenters. The quantitative estimate of drug-likeness (QED) is 0.674. The van der Waals surface area contributed by atoms with Gasteiger partial charge < -0.3 is 4.74 Å². The lowest BCUT2D eigenvalue weighted by Gasteiger charge is -2.03. The number of aryl methyl sites for hydroxylation is 1. The maximum Gasteiger partial charge on any atom is 0.357 e. The molecule has 0 atom stereocenters. The molecule has 0 aliphatic heterocycles. The molecule has 0 N–H and O–H groups in total. The summed E-state index contributed by atoms with van der Waals surface area (Å²) in [4.78, 5) is 17.3. The minimum atomic E-state index is -0.368. The van der Waals surface area contributed by atoms with Crippen LogP contribution in [0.5, 0.6) is 0 Å². The molecule has 0 aromatic carbocycles. The van der Waals surface area contributed by atoms with Gasteiger partial charge in [-0.3, -0.25) is 4.40 Å². The second kappa shape index (κ2) is 5.38. The highest BCUT2D eigenvalue weighted by atomic mass is 79.9. The van der Waals surface area contributed by atoms with Crippen molar-refractivity contribution in [3.63, 3.8) is 0 Å². The first kappa shape index (κ1) is 13.3. The Hall–Kier alpha value is -1.66. The van der Waals surface area contributed by atoms with E-state index in [1.807, 2.05) is 37.4 Å². The van der Waals surface area contributed by atoms with Gasteiger partial charge in [-0.05, 0) is 46.6 Å². The lowest BCUT2D eigenvalue weighted by molar-refractivity contribution is 0.0468. The number of esters is 1. The number of thiophene rings is 1. The summed E-state index contributed by atoms with van der Waals surface area (Å²) in [6.45, 7) is 2.24. The highest BCUT2D eigenvalue weighted by Crippen LogP contribution is 2.23. The number of carbonyl (C=O) groups is 1. The Kier molecular flexibility index (Phi) is 3.58. The van der Waals surface area contributed by atoms with Crippen LogP contribution in [0.25, 0.3) is 5.65 Å². The molecule has 4 nitrogen and oxygen atoms in total. The minimum Gasteiger partial charge on any atom is -0.455 e. The van der Waals surface area contributed by atoms with Crippen LogP contribution in [0.2, 0.25) is 0 Å². The van der Waals surface area contributed by atoms with Crippen LogP contribution in [0.4, 0.5) is 0 Å². The SMILES string of the molecule is Cc1ccc2ncc(C(=O)OCc3ccc(Br)s3)n2c1. The van der Waals surface area contributed by atoms with Gasteiger partial charge in [-0.25, -0.2) is 9.78 Å². The summed E-state index contributed by atoms with van der Waals surface area (Å²) >= 11 is 4.93. The van der Waals surface area contributed by atoms with Gasteiger partial charge in [0.15, 0.2) is 5.69 Å². The van der Waals surface area contributed by atoms with Crippen LogP contribution in [0.15, 0.2) is 40.4 Å². The van der Waals surface area contributed by atoms with Gasteiger partial charge >= 0.3 is 5.97 Å². The van der Waals surface area contributed by atoms with Crippen LogP contribution in [0, 0.1) is 6.92 Å². The number of imidazole rings is 1. The number of nitrogens with zero attached hydrogens (tertiary/aromatic N) is 2. The summed E-state index contributed by atoms with van der Waals surface area (Å²) in [6.07, 6.45) is 3.42. The first-order valence-electron chi connectivity index (χ1n) is 5.98. The molecule has 3 rings (SSSR count). The molecule has 0 radical (unpaired) electrons. The highest BCUT2D eigenvalue weighted by Gasteiger charge is 2.14. The van der Waals surface area contributed by atoms with Crippen LogP contribution in [-0.2, 0) is 11.3 Å². The fraction of sp³-hybridized carbons (Fsp3) is 0.143. The summed E-state index contributed by atoms with van der Waals surface area (Å²) in [5, 5.41) is 0. The van der Waals surface area contributed by atoms with Crippen LogP contribution in [0.3, 0.4) is 0 Å². The fourth-order valence-electron chi connectivity index (χ4n) is 1.88. The minimum absolute atomic E-state index is 0.272. The number of hydrogen-bond donors (Lipinski definition) is 0. The number of ether oxygens (including phenoxy) is 1. The molecular weight excluding hydrogens is 340 g/mol. The summed E-state index contributed by atoms with van der Waals surface area (Å²) in [5.74, 6) is -0.368. The molecule has 0 aliphatic rings. The Bertz CT molecular complexity index is 778. The van der Waals surface area contributed by atoms with Crippen molar-refractivity contribution in [3.05, 3.63) is 56.6 Å². The Labute approximate surface area is 128 Å². The van der Waals surface area contributed by atoms with Gasteiger partial charge in [-0.1, -0.05) is 6.07 Å². The van der Waals surface area contributed by atoms with Crippen molar-refractivity contribution >= 4 is 38.9 Å². The number of fused-ring (bicyclic) bond motifs is 1. The Balaban J connectivity index is 1.80. The average Bonchev–Trinajstić information content (AvgIpc) is 3.02.